The summed E-state index contributed by atoms with van der Waals surface area (Å²) in [4.78, 5) is -0.291. The molecule has 10 heteroatoms. The molecule has 1 fully saturated rings. The number of ether oxygens (including phenoxy) is 1. The molecule has 0 saturated carbocycles. The lowest BCUT2D eigenvalue weighted by atomic mass is 10.1. The van der Waals surface area contributed by atoms with Crippen LogP contribution in [-0.2, 0) is 19.9 Å². The average molecular weight is 446 g/mol. The number of rotatable bonds is 5. The zero-order valence-electron chi connectivity index (χ0n) is 15.7. The van der Waals surface area contributed by atoms with Crippen LogP contribution in [0, 0.1) is 11.6 Å². The molecule has 3 rings (SSSR count). The molecule has 0 radical (unpaired) electrons. The number of hydrogen-bond donors (Lipinski definition) is 0. The maximum Gasteiger partial charge on any atom is 0.243 e. The van der Waals surface area contributed by atoms with E-state index in [4.69, 9.17) is 4.74 Å². The van der Waals surface area contributed by atoms with E-state index in [9.17, 15) is 25.6 Å². The predicted molar refractivity (Wildman–Crippen MR) is 104 cm³/mol. The minimum Gasteiger partial charge on any atom is -0.491 e. The van der Waals surface area contributed by atoms with E-state index in [2.05, 4.69) is 0 Å². The molecule has 1 aliphatic rings. The molecule has 0 spiro atoms. The van der Waals surface area contributed by atoms with Crippen molar-refractivity contribution in [3.8, 4) is 5.75 Å². The maximum atomic E-state index is 14.1. The van der Waals surface area contributed by atoms with Gasteiger partial charge in [-0.3, -0.25) is 0 Å². The van der Waals surface area contributed by atoms with Gasteiger partial charge in [0.15, 0.2) is 21.4 Å². The normalized spacial score (nSPS) is 20.2. The van der Waals surface area contributed by atoms with Crippen LogP contribution in [0.4, 0.5) is 8.78 Å². The number of nitrogens with zero attached hydrogens (tertiary/aromatic N) is 1. The Morgan fingerprint density at radius 2 is 1.83 bits per heavy atom. The third kappa shape index (κ3) is 4.44. The van der Waals surface area contributed by atoms with Crippen molar-refractivity contribution < 1.29 is 30.4 Å². The topological polar surface area (TPSA) is 80.8 Å². The maximum absolute atomic E-state index is 14.1. The number of sulfone groups is 1. The summed E-state index contributed by atoms with van der Waals surface area (Å²) in [6.07, 6.45) is -0.0952. The second-order valence-corrected chi connectivity index (χ2v) is 10.8. The molecule has 1 atom stereocenters. The fraction of sp³-hybridized carbons (Fsp3) is 0.368. The second-order valence-electron chi connectivity index (χ2n) is 6.60. The number of hydrogen-bond acceptors (Lipinski definition) is 5. The lowest BCUT2D eigenvalue weighted by Crippen LogP contribution is -2.33. The molecule has 158 valence electrons. The highest BCUT2D eigenvalue weighted by Crippen LogP contribution is 2.33. The highest BCUT2D eigenvalue weighted by atomic mass is 32.2. The summed E-state index contributed by atoms with van der Waals surface area (Å²) in [5, 5.41) is -1.14. The molecule has 0 aliphatic carbocycles. The van der Waals surface area contributed by atoms with E-state index >= 15 is 0 Å². The molecule has 6 nitrogen and oxygen atoms in total. The fourth-order valence-corrected chi connectivity index (χ4v) is 6.70. The number of sulfonamides is 1. The van der Waals surface area contributed by atoms with Gasteiger partial charge in [-0.25, -0.2) is 25.6 Å². The van der Waals surface area contributed by atoms with Crippen molar-refractivity contribution >= 4 is 19.9 Å². The van der Waals surface area contributed by atoms with Crippen molar-refractivity contribution in [3.05, 3.63) is 59.7 Å². The first-order chi connectivity index (χ1) is 13.7. The van der Waals surface area contributed by atoms with E-state index < -0.39 is 42.5 Å². The Balaban J connectivity index is 1.89. The standard InChI is InChI=1S/C19H21F2NO5S2/c1-2-27-18-8-7-14(13-17(18)21)29(25,26)22-10-9-19(28(23,24)12-11-22)15-5-3-4-6-16(15)20/h3-8,13,19H,2,9-12H2,1H3. The molecule has 1 heterocycles. The van der Waals surface area contributed by atoms with E-state index in [0.29, 0.717) is 0 Å². The van der Waals surface area contributed by atoms with Crippen molar-refractivity contribution in [1.82, 2.24) is 4.31 Å². The number of halogens is 2. The largest absolute Gasteiger partial charge is 0.491 e. The van der Waals surface area contributed by atoms with Gasteiger partial charge in [-0.05, 0) is 37.6 Å². The van der Waals surface area contributed by atoms with Gasteiger partial charge in [-0.1, -0.05) is 18.2 Å². The zero-order valence-corrected chi connectivity index (χ0v) is 17.3. The van der Waals surface area contributed by atoms with Gasteiger partial charge in [0.1, 0.15) is 5.82 Å². The summed E-state index contributed by atoms with van der Waals surface area (Å²) in [5.41, 5.74) is 0.0267. The van der Waals surface area contributed by atoms with Crippen LogP contribution in [-0.4, -0.2) is 46.6 Å². The van der Waals surface area contributed by atoms with Gasteiger partial charge in [-0.2, -0.15) is 4.31 Å². The van der Waals surface area contributed by atoms with Crippen LogP contribution in [0.15, 0.2) is 47.4 Å². The molecule has 1 aliphatic heterocycles. The number of benzene rings is 2. The Morgan fingerprint density at radius 1 is 1.10 bits per heavy atom. The van der Waals surface area contributed by atoms with Gasteiger partial charge in [0, 0.05) is 18.7 Å². The molecular weight excluding hydrogens is 424 g/mol. The summed E-state index contributed by atoms with van der Waals surface area (Å²) >= 11 is 0. The van der Waals surface area contributed by atoms with Crippen molar-refractivity contribution in [2.45, 2.75) is 23.5 Å². The summed E-state index contributed by atoms with van der Waals surface area (Å²) in [6.45, 7) is 1.48. The van der Waals surface area contributed by atoms with Crippen LogP contribution in [0.1, 0.15) is 24.2 Å². The van der Waals surface area contributed by atoms with E-state index in [-0.39, 0.29) is 42.3 Å². The SMILES string of the molecule is CCOc1ccc(S(=O)(=O)N2CCC(c3ccccc3F)S(=O)(=O)CC2)cc1F. The summed E-state index contributed by atoms with van der Waals surface area (Å²) in [7, 11) is -7.90. The van der Waals surface area contributed by atoms with E-state index in [1.54, 1.807) is 6.92 Å². The Hall–Kier alpha value is -2.04. The van der Waals surface area contributed by atoms with Crippen molar-refractivity contribution in [3.63, 3.8) is 0 Å². The van der Waals surface area contributed by atoms with Crippen molar-refractivity contribution in [2.75, 3.05) is 25.4 Å². The lowest BCUT2D eigenvalue weighted by molar-refractivity contribution is 0.321. The highest BCUT2D eigenvalue weighted by Gasteiger charge is 2.36. The monoisotopic (exact) mass is 445 g/mol. The Bertz CT molecular complexity index is 1100. The van der Waals surface area contributed by atoms with Gasteiger partial charge in [-0.15, -0.1) is 0 Å². The van der Waals surface area contributed by atoms with E-state index in [0.717, 1.165) is 10.4 Å². The summed E-state index contributed by atoms with van der Waals surface area (Å²) < 4.78 is 85.5. The van der Waals surface area contributed by atoms with Crippen LogP contribution < -0.4 is 4.74 Å². The average Bonchev–Trinajstić information content (AvgIpc) is 2.82. The quantitative estimate of drug-likeness (QED) is 0.707. The first kappa shape index (κ1) is 21.7. The van der Waals surface area contributed by atoms with Crippen LogP contribution in [0.2, 0.25) is 0 Å². The van der Waals surface area contributed by atoms with Gasteiger partial charge < -0.3 is 4.74 Å². The van der Waals surface area contributed by atoms with E-state index in [1.807, 2.05) is 0 Å². The highest BCUT2D eigenvalue weighted by molar-refractivity contribution is 7.92. The molecule has 0 bridgehead atoms. The predicted octanol–water partition coefficient (Wildman–Crippen LogP) is 2.91. The molecule has 1 unspecified atom stereocenters. The molecule has 0 N–H and O–H groups in total. The third-order valence-electron chi connectivity index (χ3n) is 4.79. The molecular formula is C19H21F2NO5S2. The molecule has 29 heavy (non-hydrogen) atoms. The van der Waals surface area contributed by atoms with Gasteiger partial charge in [0.05, 0.1) is 22.5 Å². The van der Waals surface area contributed by atoms with E-state index in [1.165, 1.54) is 36.4 Å². The minimum atomic E-state index is -4.13. The summed E-state index contributed by atoms with van der Waals surface area (Å²) in [5.74, 6) is -1.99. The molecule has 1 saturated heterocycles. The zero-order chi connectivity index (χ0) is 21.2. The van der Waals surface area contributed by atoms with Crippen LogP contribution in [0.5, 0.6) is 5.75 Å². The molecule has 0 amide bonds. The Kier molecular flexibility index (Phi) is 6.25. The van der Waals surface area contributed by atoms with Crippen LogP contribution in [0.25, 0.3) is 0 Å². The smallest absolute Gasteiger partial charge is 0.243 e. The first-order valence-corrected chi connectivity index (χ1v) is 12.2. The fourth-order valence-electron chi connectivity index (χ4n) is 3.31. The van der Waals surface area contributed by atoms with Gasteiger partial charge in [0.25, 0.3) is 0 Å². The van der Waals surface area contributed by atoms with Gasteiger partial charge in [0.2, 0.25) is 10.0 Å². The van der Waals surface area contributed by atoms with Crippen LogP contribution in [0.3, 0.4) is 0 Å². The lowest BCUT2D eigenvalue weighted by Gasteiger charge is -2.20. The second kappa shape index (κ2) is 8.37. The van der Waals surface area contributed by atoms with Crippen molar-refractivity contribution in [1.29, 1.82) is 0 Å². The molecule has 2 aromatic rings. The molecule has 0 aromatic heterocycles. The summed E-state index contributed by atoms with van der Waals surface area (Å²) in [6, 6.07) is 8.86. The molecule has 2 aromatic carbocycles. The van der Waals surface area contributed by atoms with Crippen molar-refractivity contribution in [2.24, 2.45) is 0 Å². The van der Waals surface area contributed by atoms with Gasteiger partial charge >= 0.3 is 0 Å². The third-order valence-corrected chi connectivity index (χ3v) is 8.80. The minimum absolute atomic E-state index is 0.0267. The first-order valence-electron chi connectivity index (χ1n) is 9.05. The van der Waals surface area contributed by atoms with Crippen LogP contribution >= 0.6 is 0 Å². The Labute approximate surface area is 169 Å². The Morgan fingerprint density at radius 3 is 2.48 bits per heavy atom.